The van der Waals surface area contributed by atoms with Gasteiger partial charge in [0.05, 0.1) is 5.69 Å². The number of thiazole rings is 1. The monoisotopic (exact) mass is 290 g/mol. The first kappa shape index (κ1) is 12.9. The van der Waals surface area contributed by atoms with Gasteiger partial charge in [-0.25, -0.2) is 22.2 Å². The van der Waals surface area contributed by atoms with Crippen molar-refractivity contribution in [3.63, 3.8) is 0 Å². The molecule has 1 aromatic heterocycles. The number of halogens is 2. The molecule has 0 aliphatic carbocycles. The first-order valence-electron chi connectivity index (χ1n) is 4.78. The van der Waals surface area contributed by atoms with Crippen LogP contribution in [0.1, 0.15) is 5.69 Å². The highest BCUT2D eigenvalue weighted by Crippen LogP contribution is 2.22. The molecule has 18 heavy (non-hydrogen) atoms. The molecule has 0 saturated heterocycles. The van der Waals surface area contributed by atoms with Crippen molar-refractivity contribution in [2.45, 2.75) is 11.8 Å². The lowest BCUT2D eigenvalue weighted by Crippen LogP contribution is -2.14. The summed E-state index contributed by atoms with van der Waals surface area (Å²) in [6.07, 6.45) is 0. The van der Waals surface area contributed by atoms with Gasteiger partial charge in [0, 0.05) is 5.38 Å². The number of sulfonamides is 1. The lowest BCUT2D eigenvalue weighted by atomic mass is 10.3. The minimum Gasteiger partial charge on any atom is -0.255 e. The normalized spacial score (nSPS) is 11.5. The Morgan fingerprint density at radius 2 is 2.06 bits per heavy atom. The van der Waals surface area contributed by atoms with Crippen LogP contribution in [0.5, 0.6) is 0 Å². The molecule has 1 heterocycles. The zero-order chi connectivity index (χ0) is 13.3. The van der Waals surface area contributed by atoms with Crippen LogP contribution in [-0.4, -0.2) is 13.4 Å². The molecule has 0 atom stereocenters. The number of nitrogens with one attached hydrogen (secondary N) is 1. The van der Waals surface area contributed by atoms with Crippen molar-refractivity contribution in [1.82, 2.24) is 4.98 Å². The summed E-state index contributed by atoms with van der Waals surface area (Å²) in [6.45, 7) is 1.69. The largest absolute Gasteiger partial charge is 0.266 e. The summed E-state index contributed by atoms with van der Waals surface area (Å²) in [4.78, 5) is 3.15. The standard InChI is InChI=1S/C10H8F2N2O2S2/c1-6-5-17-10(13-6)14-18(15,16)9-4-7(11)2-3-8(9)12/h2-5H,1H3,(H,13,14). The number of nitrogens with zero attached hydrogens (tertiary/aromatic N) is 1. The maximum absolute atomic E-state index is 13.4. The van der Waals surface area contributed by atoms with Gasteiger partial charge in [-0.3, -0.25) is 4.72 Å². The molecule has 0 unspecified atom stereocenters. The molecule has 1 N–H and O–H groups in total. The van der Waals surface area contributed by atoms with E-state index < -0.39 is 26.6 Å². The van der Waals surface area contributed by atoms with Gasteiger partial charge in [-0.05, 0) is 25.1 Å². The van der Waals surface area contributed by atoms with Crippen LogP contribution in [0, 0.1) is 18.6 Å². The van der Waals surface area contributed by atoms with Crippen LogP contribution in [-0.2, 0) is 10.0 Å². The Kier molecular flexibility index (Phi) is 3.31. The maximum Gasteiger partial charge on any atom is 0.266 e. The summed E-state index contributed by atoms with van der Waals surface area (Å²) in [6, 6.07) is 2.23. The molecule has 0 aliphatic heterocycles. The summed E-state index contributed by atoms with van der Waals surface area (Å²) in [5.74, 6) is -1.84. The quantitative estimate of drug-likeness (QED) is 0.945. The average molecular weight is 290 g/mol. The smallest absolute Gasteiger partial charge is 0.255 e. The Hall–Kier alpha value is -1.54. The summed E-state index contributed by atoms with van der Waals surface area (Å²) >= 11 is 1.06. The molecule has 0 saturated carbocycles. The van der Waals surface area contributed by atoms with E-state index in [0.717, 1.165) is 23.5 Å². The molecular formula is C10H8F2N2O2S2. The number of hydrogen-bond donors (Lipinski definition) is 1. The topological polar surface area (TPSA) is 59.1 Å². The molecule has 1 aromatic carbocycles. The van der Waals surface area contributed by atoms with Gasteiger partial charge in [-0.2, -0.15) is 0 Å². The zero-order valence-electron chi connectivity index (χ0n) is 9.15. The molecule has 2 rings (SSSR count). The molecule has 0 amide bonds. The van der Waals surface area contributed by atoms with Gasteiger partial charge >= 0.3 is 0 Å². The molecule has 96 valence electrons. The van der Waals surface area contributed by atoms with Crippen LogP contribution in [0.4, 0.5) is 13.9 Å². The highest BCUT2D eigenvalue weighted by atomic mass is 32.2. The van der Waals surface area contributed by atoms with Gasteiger partial charge in [0.15, 0.2) is 5.13 Å². The lowest BCUT2D eigenvalue weighted by molar-refractivity contribution is 0.555. The molecule has 2 aromatic rings. The SMILES string of the molecule is Cc1csc(NS(=O)(=O)c2cc(F)ccc2F)n1. The lowest BCUT2D eigenvalue weighted by Gasteiger charge is -2.06. The highest BCUT2D eigenvalue weighted by Gasteiger charge is 2.21. The molecule has 0 fully saturated rings. The van der Waals surface area contributed by atoms with E-state index in [1.165, 1.54) is 0 Å². The molecule has 0 aliphatic rings. The van der Waals surface area contributed by atoms with Crippen molar-refractivity contribution < 1.29 is 17.2 Å². The number of benzene rings is 1. The second-order valence-corrected chi connectivity index (χ2v) is 5.98. The predicted octanol–water partition coefficient (Wildman–Crippen LogP) is 2.53. The molecular weight excluding hydrogens is 282 g/mol. The van der Waals surface area contributed by atoms with Crippen LogP contribution < -0.4 is 4.72 Å². The van der Waals surface area contributed by atoms with Crippen molar-refractivity contribution in [1.29, 1.82) is 0 Å². The molecule has 0 radical (unpaired) electrons. The first-order chi connectivity index (χ1) is 8.38. The van der Waals surface area contributed by atoms with E-state index in [1.807, 2.05) is 0 Å². The van der Waals surface area contributed by atoms with Crippen LogP contribution in [0.25, 0.3) is 0 Å². The number of hydrogen-bond acceptors (Lipinski definition) is 4. The third kappa shape index (κ3) is 2.65. The van der Waals surface area contributed by atoms with E-state index in [1.54, 1.807) is 12.3 Å². The highest BCUT2D eigenvalue weighted by molar-refractivity contribution is 7.93. The molecule has 0 spiro atoms. The van der Waals surface area contributed by atoms with Gasteiger partial charge in [-0.15, -0.1) is 11.3 Å². The van der Waals surface area contributed by atoms with Crippen molar-refractivity contribution >= 4 is 26.5 Å². The fourth-order valence-electron chi connectivity index (χ4n) is 1.25. The summed E-state index contributed by atoms with van der Waals surface area (Å²) in [5, 5.41) is 1.75. The Balaban J connectivity index is 2.39. The fraction of sp³-hybridized carbons (Fsp3) is 0.100. The Labute approximate surface area is 106 Å². The molecule has 8 heteroatoms. The van der Waals surface area contributed by atoms with Crippen molar-refractivity contribution in [3.05, 3.63) is 40.9 Å². The van der Waals surface area contributed by atoms with Crippen molar-refractivity contribution in [2.24, 2.45) is 0 Å². The third-order valence-electron chi connectivity index (χ3n) is 2.02. The fourth-order valence-corrected chi connectivity index (χ4v) is 3.29. The van der Waals surface area contributed by atoms with Gasteiger partial charge in [0.1, 0.15) is 16.5 Å². The minimum atomic E-state index is -4.17. The summed E-state index contributed by atoms with van der Waals surface area (Å²) < 4.78 is 52.1. The first-order valence-corrected chi connectivity index (χ1v) is 7.15. The van der Waals surface area contributed by atoms with Crippen LogP contribution in [0.3, 0.4) is 0 Å². The van der Waals surface area contributed by atoms with Crippen molar-refractivity contribution in [2.75, 3.05) is 4.72 Å². The second-order valence-electron chi connectivity index (χ2n) is 3.47. The van der Waals surface area contributed by atoms with Gasteiger partial charge in [0.2, 0.25) is 0 Å². The molecule has 4 nitrogen and oxygen atoms in total. The maximum atomic E-state index is 13.4. The number of aryl methyl sites for hydroxylation is 1. The van der Waals surface area contributed by atoms with E-state index in [-0.39, 0.29) is 5.13 Å². The number of anilines is 1. The predicted molar refractivity (Wildman–Crippen MR) is 64.0 cm³/mol. The van der Waals surface area contributed by atoms with Crippen LogP contribution in [0.15, 0.2) is 28.5 Å². The Morgan fingerprint density at radius 3 is 2.67 bits per heavy atom. The van der Waals surface area contributed by atoms with E-state index in [2.05, 4.69) is 9.71 Å². The average Bonchev–Trinajstić information content (AvgIpc) is 2.66. The second kappa shape index (κ2) is 4.62. The zero-order valence-corrected chi connectivity index (χ0v) is 10.8. The summed E-state index contributed by atoms with van der Waals surface area (Å²) in [5.41, 5.74) is 0.636. The van der Waals surface area contributed by atoms with Gasteiger partial charge < -0.3 is 0 Å². The number of rotatable bonds is 3. The van der Waals surface area contributed by atoms with Gasteiger partial charge in [-0.1, -0.05) is 0 Å². The van der Waals surface area contributed by atoms with Crippen LogP contribution in [0.2, 0.25) is 0 Å². The van der Waals surface area contributed by atoms with Crippen molar-refractivity contribution in [3.8, 4) is 0 Å². The third-order valence-corrected chi connectivity index (χ3v) is 4.38. The van der Waals surface area contributed by atoms with E-state index in [9.17, 15) is 17.2 Å². The number of aromatic nitrogens is 1. The summed E-state index contributed by atoms with van der Waals surface area (Å²) in [7, 11) is -4.17. The van der Waals surface area contributed by atoms with E-state index in [0.29, 0.717) is 11.8 Å². The Bertz CT molecular complexity index is 683. The van der Waals surface area contributed by atoms with Gasteiger partial charge in [0.25, 0.3) is 10.0 Å². The molecule has 0 bridgehead atoms. The Morgan fingerprint density at radius 1 is 1.33 bits per heavy atom. The van der Waals surface area contributed by atoms with E-state index in [4.69, 9.17) is 0 Å². The van der Waals surface area contributed by atoms with Crippen LogP contribution >= 0.6 is 11.3 Å². The van der Waals surface area contributed by atoms with E-state index >= 15 is 0 Å². The minimum absolute atomic E-state index is 0.108.